The van der Waals surface area contributed by atoms with Gasteiger partial charge in [0.25, 0.3) is 20.2 Å². The number of nitrogens with zero attached hydrogens (tertiary/aromatic N) is 1. The van der Waals surface area contributed by atoms with Crippen molar-refractivity contribution in [3.8, 4) is 0 Å². The number of hydrogen-bond acceptors (Lipinski definition) is 6. The lowest BCUT2D eigenvalue weighted by molar-refractivity contribution is 0.408. The standard InChI is InChI=1S/C17H28N2.C10H8O6S2/c1-6-9-19-16-11-14(12(2)3)15(18)10-13(16)7-8-17(19,4)5;11-17(12,13)9-5-1-3-7-8(9)4-2-6-10(7)18(14,15)16/h10-12H,6-9,18H2,1-5H3;1-6H,(H,11,12,13)(H,14,15,16). The summed E-state index contributed by atoms with van der Waals surface area (Å²) in [5.41, 5.74) is 11.6. The van der Waals surface area contributed by atoms with Crippen molar-refractivity contribution >= 4 is 42.4 Å². The molecule has 4 rings (SSSR count). The first-order valence-electron chi connectivity index (χ1n) is 12.2. The number of hydrogen-bond donors (Lipinski definition) is 3. The van der Waals surface area contributed by atoms with Crippen LogP contribution in [0.5, 0.6) is 0 Å². The van der Waals surface area contributed by atoms with Crippen molar-refractivity contribution in [3.63, 3.8) is 0 Å². The molecular weight excluding hydrogens is 512 g/mol. The van der Waals surface area contributed by atoms with Crippen LogP contribution in [0.4, 0.5) is 11.4 Å². The van der Waals surface area contributed by atoms with Crippen LogP contribution in [0.3, 0.4) is 0 Å². The summed E-state index contributed by atoms with van der Waals surface area (Å²) >= 11 is 0. The molecule has 0 bridgehead atoms. The molecule has 0 fully saturated rings. The Labute approximate surface area is 220 Å². The third-order valence-electron chi connectivity index (χ3n) is 6.78. The molecule has 0 atom stereocenters. The monoisotopic (exact) mass is 548 g/mol. The van der Waals surface area contributed by atoms with Crippen LogP contribution in [0.1, 0.15) is 64.5 Å². The van der Waals surface area contributed by atoms with E-state index in [-0.39, 0.29) is 16.3 Å². The second-order valence-electron chi connectivity index (χ2n) is 10.3. The van der Waals surface area contributed by atoms with Gasteiger partial charge in [0.1, 0.15) is 9.79 Å². The summed E-state index contributed by atoms with van der Waals surface area (Å²) in [5, 5.41) is 0.0465. The van der Waals surface area contributed by atoms with Crippen LogP contribution in [-0.4, -0.2) is 38.0 Å². The molecule has 3 aromatic carbocycles. The molecule has 1 aliphatic rings. The van der Waals surface area contributed by atoms with E-state index in [9.17, 15) is 16.8 Å². The lowest BCUT2D eigenvalue weighted by atomic mass is 9.84. The van der Waals surface area contributed by atoms with Gasteiger partial charge in [-0.15, -0.1) is 0 Å². The number of nitrogen functional groups attached to an aromatic ring is 1. The lowest BCUT2D eigenvalue weighted by Crippen LogP contribution is -2.48. The minimum absolute atomic E-state index is 0.0233. The summed E-state index contributed by atoms with van der Waals surface area (Å²) < 4.78 is 62.7. The zero-order valence-electron chi connectivity index (χ0n) is 21.9. The number of benzene rings is 3. The molecule has 0 aromatic heterocycles. The Hall–Kier alpha value is -2.66. The van der Waals surface area contributed by atoms with Gasteiger partial charge in [-0.25, -0.2) is 0 Å². The van der Waals surface area contributed by atoms with Gasteiger partial charge in [-0.05, 0) is 74.4 Å². The predicted octanol–water partition coefficient (Wildman–Crippen LogP) is 5.67. The highest BCUT2D eigenvalue weighted by Gasteiger charge is 2.32. The van der Waals surface area contributed by atoms with Gasteiger partial charge in [0, 0.05) is 34.2 Å². The Kier molecular flexibility index (Phi) is 8.28. The van der Waals surface area contributed by atoms with E-state index in [1.54, 1.807) is 0 Å². The van der Waals surface area contributed by atoms with Crippen LogP contribution in [0.25, 0.3) is 10.8 Å². The van der Waals surface area contributed by atoms with E-state index in [1.807, 2.05) is 0 Å². The van der Waals surface area contributed by atoms with E-state index in [0.717, 1.165) is 30.8 Å². The minimum Gasteiger partial charge on any atom is -0.398 e. The quantitative estimate of drug-likeness (QED) is 0.274. The molecule has 0 spiro atoms. The van der Waals surface area contributed by atoms with Crippen molar-refractivity contribution in [1.29, 1.82) is 0 Å². The van der Waals surface area contributed by atoms with Gasteiger partial charge in [-0.3, -0.25) is 9.11 Å². The van der Waals surface area contributed by atoms with E-state index in [2.05, 4.69) is 51.7 Å². The molecule has 3 aromatic rings. The molecule has 0 aliphatic carbocycles. The minimum atomic E-state index is -4.47. The summed E-state index contributed by atoms with van der Waals surface area (Å²) in [6, 6.07) is 12.1. The molecule has 1 heterocycles. The van der Waals surface area contributed by atoms with E-state index in [4.69, 9.17) is 14.8 Å². The third-order valence-corrected chi connectivity index (χ3v) is 8.60. The summed E-state index contributed by atoms with van der Waals surface area (Å²) in [5.74, 6) is 0.485. The summed E-state index contributed by atoms with van der Waals surface area (Å²) in [6.45, 7) is 12.5. The first-order valence-corrected chi connectivity index (χ1v) is 15.1. The molecule has 0 saturated heterocycles. The van der Waals surface area contributed by atoms with E-state index < -0.39 is 30.0 Å². The third kappa shape index (κ3) is 6.26. The molecule has 0 radical (unpaired) electrons. The van der Waals surface area contributed by atoms with Crippen LogP contribution in [0.2, 0.25) is 0 Å². The number of aryl methyl sites for hydroxylation is 1. The van der Waals surface area contributed by atoms with E-state index >= 15 is 0 Å². The molecule has 10 heteroatoms. The maximum atomic E-state index is 11.2. The van der Waals surface area contributed by atoms with Gasteiger partial charge >= 0.3 is 0 Å². The molecule has 1 aliphatic heterocycles. The fourth-order valence-corrected chi connectivity index (χ4v) is 6.28. The summed E-state index contributed by atoms with van der Waals surface area (Å²) in [7, 11) is -8.94. The maximum absolute atomic E-state index is 11.2. The van der Waals surface area contributed by atoms with Gasteiger partial charge in [-0.2, -0.15) is 16.8 Å². The highest BCUT2D eigenvalue weighted by molar-refractivity contribution is 7.86. The van der Waals surface area contributed by atoms with Crippen LogP contribution in [0.15, 0.2) is 58.3 Å². The van der Waals surface area contributed by atoms with Crippen molar-refractivity contribution in [2.24, 2.45) is 0 Å². The van der Waals surface area contributed by atoms with Gasteiger partial charge in [-0.1, -0.05) is 45.0 Å². The van der Waals surface area contributed by atoms with Gasteiger partial charge in [0.05, 0.1) is 0 Å². The Morgan fingerprint density at radius 2 is 1.46 bits per heavy atom. The van der Waals surface area contributed by atoms with Crippen LogP contribution in [-0.2, 0) is 26.7 Å². The van der Waals surface area contributed by atoms with Crippen LogP contribution >= 0.6 is 0 Å². The Morgan fingerprint density at radius 3 is 1.89 bits per heavy atom. The summed E-state index contributed by atoms with van der Waals surface area (Å²) in [6.07, 6.45) is 3.54. The zero-order valence-corrected chi connectivity index (χ0v) is 23.5. The van der Waals surface area contributed by atoms with E-state index in [1.165, 1.54) is 53.9 Å². The average Bonchev–Trinajstić information content (AvgIpc) is 2.79. The average molecular weight is 549 g/mol. The molecule has 4 N–H and O–H groups in total. The maximum Gasteiger partial charge on any atom is 0.295 e. The molecule has 37 heavy (non-hydrogen) atoms. The number of rotatable bonds is 5. The van der Waals surface area contributed by atoms with Gasteiger partial charge in [0.2, 0.25) is 0 Å². The fraction of sp³-hybridized carbons (Fsp3) is 0.407. The van der Waals surface area contributed by atoms with E-state index in [0.29, 0.717) is 5.92 Å². The Bertz CT molecular complexity index is 1440. The van der Waals surface area contributed by atoms with Crippen molar-refractivity contribution in [1.82, 2.24) is 0 Å². The van der Waals surface area contributed by atoms with Crippen LogP contribution in [0, 0.1) is 0 Å². The van der Waals surface area contributed by atoms with Crippen molar-refractivity contribution < 1.29 is 25.9 Å². The number of anilines is 2. The van der Waals surface area contributed by atoms with Gasteiger partial charge in [0.15, 0.2) is 0 Å². The number of nitrogens with two attached hydrogens (primary N) is 1. The first-order chi connectivity index (χ1) is 17.1. The summed E-state index contributed by atoms with van der Waals surface area (Å²) in [4.78, 5) is 1.76. The van der Waals surface area contributed by atoms with Crippen molar-refractivity contribution in [3.05, 3.63) is 59.7 Å². The molecular formula is C27H36N2O6S2. The zero-order chi connectivity index (χ0) is 27.8. The van der Waals surface area contributed by atoms with Crippen LogP contribution < -0.4 is 10.6 Å². The lowest BCUT2D eigenvalue weighted by Gasteiger charge is -2.45. The molecule has 0 unspecified atom stereocenters. The van der Waals surface area contributed by atoms with Crippen molar-refractivity contribution in [2.45, 2.75) is 75.1 Å². The highest BCUT2D eigenvalue weighted by atomic mass is 32.2. The van der Waals surface area contributed by atoms with Crippen molar-refractivity contribution in [2.75, 3.05) is 17.2 Å². The normalized spacial score (nSPS) is 15.3. The second kappa shape index (κ2) is 10.6. The first kappa shape index (κ1) is 28.9. The molecule has 8 nitrogen and oxygen atoms in total. The molecule has 202 valence electrons. The molecule has 0 saturated carbocycles. The topological polar surface area (TPSA) is 138 Å². The molecule has 0 amide bonds. The second-order valence-corrected chi connectivity index (χ2v) is 13.1. The Balaban J connectivity index is 0.000000206. The largest absolute Gasteiger partial charge is 0.398 e. The SMILES string of the molecule is CCCN1c2cc(C(C)C)c(N)cc2CCC1(C)C.O=S(=O)(O)c1cccc2c(S(=O)(=O)O)cccc12. The number of fused-ring (bicyclic) bond motifs is 2. The predicted molar refractivity (Wildman–Crippen MR) is 149 cm³/mol. The smallest absolute Gasteiger partial charge is 0.295 e. The fourth-order valence-electron chi connectivity index (χ4n) is 4.87. The highest BCUT2D eigenvalue weighted by Crippen LogP contribution is 2.40. The van der Waals surface area contributed by atoms with Gasteiger partial charge < -0.3 is 10.6 Å². The Morgan fingerprint density at radius 1 is 0.946 bits per heavy atom.